The summed E-state index contributed by atoms with van der Waals surface area (Å²) in [5.74, 6) is 1.33. The second-order valence-electron chi connectivity index (χ2n) is 4.46. The lowest BCUT2D eigenvalue weighted by atomic mass is 10.2. The highest BCUT2D eigenvalue weighted by molar-refractivity contribution is 8.18. The predicted octanol–water partition coefficient (Wildman–Crippen LogP) is 3.06. The smallest absolute Gasteiger partial charge is 0.339 e. The van der Waals surface area contributed by atoms with Crippen molar-refractivity contribution in [3.63, 3.8) is 0 Å². The maximum Gasteiger partial charge on any atom is 0.339 e. The van der Waals surface area contributed by atoms with Crippen LogP contribution in [0.2, 0.25) is 0 Å². The van der Waals surface area contributed by atoms with Crippen molar-refractivity contribution >= 4 is 29.5 Å². The molecule has 104 valence electrons. The second-order valence-corrected chi connectivity index (χ2v) is 7.91. The Hall–Kier alpha value is -1.01. The van der Waals surface area contributed by atoms with E-state index in [0.29, 0.717) is 12.4 Å². The molecule has 1 aliphatic heterocycles. The summed E-state index contributed by atoms with van der Waals surface area (Å²) < 4.78 is 5.69. The molecule has 1 aromatic carbocycles. The number of aromatic hydroxyl groups is 1. The van der Waals surface area contributed by atoms with Gasteiger partial charge in [-0.15, -0.1) is 23.5 Å². The number of thioether (sulfide) groups is 2. The average Bonchev–Trinajstić information content (AvgIpc) is 2.38. The van der Waals surface area contributed by atoms with Crippen LogP contribution in [0.1, 0.15) is 23.7 Å². The zero-order valence-corrected chi connectivity index (χ0v) is 12.2. The summed E-state index contributed by atoms with van der Waals surface area (Å²) in [5.41, 5.74) is -0.133. The number of rotatable bonds is 4. The van der Waals surface area contributed by atoms with Crippen molar-refractivity contribution in [2.45, 2.75) is 17.4 Å². The molecular formula is C13H16O4S2. The van der Waals surface area contributed by atoms with Crippen molar-refractivity contribution in [3.05, 3.63) is 23.8 Å². The molecular weight excluding hydrogens is 284 g/mol. The number of benzene rings is 1. The fourth-order valence-corrected chi connectivity index (χ4v) is 4.49. The van der Waals surface area contributed by atoms with Crippen LogP contribution < -0.4 is 4.74 Å². The van der Waals surface area contributed by atoms with Crippen LogP contribution in [0.5, 0.6) is 11.5 Å². The van der Waals surface area contributed by atoms with E-state index in [0.717, 1.165) is 11.5 Å². The molecule has 2 N–H and O–H groups in total. The monoisotopic (exact) mass is 300 g/mol. The highest BCUT2D eigenvalue weighted by Gasteiger charge is 2.29. The first-order valence-corrected chi connectivity index (χ1v) is 7.94. The average molecular weight is 300 g/mol. The molecule has 1 saturated heterocycles. The van der Waals surface area contributed by atoms with Gasteiger partial charge in [0.2, 0.25) is 0 Å². The number of carbonyl (C=O) groups is 1. The highest BCUT2D eigenvalue weighted by Crippen LogP contribution is 2.42. The van der Waals surface area contributed by atoms with Gasteiger partial charge in [0.05, 0.1) is 4.08 Å². The minimum Gasteiger partial charge on any atom is -0.507 e. The number of aromatic carboxylic acids is 1. The number of carboxylic acids is 1. The van der Waals surface area contributed by atoms with Crippen molar-refractivity contribution in [2.75, 3.05) is 18.1 Å². The molecule has 0 spiro atoms. The molecule has 0 bridgehead atoms. The standard InChI is InChI=1S/C13H16O4S2/c1-13(18-5-2-6-19-13)8-17-9-3-4-11(14)10(7-9)12(15)16/h3-4,7,14H,2,5-6,8H2,1H3,(H,15,16). The topological polar surface area (TPSA) is 66.8 Å². The summed E-state index contributed by atoms with van der Waals surface area (Å²) in [6.45, 7) is 2.66. The van der Waals surface area contributed by atoms with Gasteiger partial charge in [0.1, 0.15) is 23.7 Å². The van der Waals surface area contributed by atoms with Crippen molar-refractivity contribution < 1.29 is 19.7 Å². The predicted molar refractivity (Wildman–Crippen MR) is 78.5 cm³/mol. The molecule has 4 nitrogen and oxygen atoms in total. The van der Waals surface area contributed by atoms with Gasteiger partial charge in [0.15, 0.2) is 0 Å². The zero-order chi connectivity index (χ0) is 13.9. The van der Waals surface area contributed by atoms with Crippen LogP contribution in [0.4, 0.5) is 0 Å². The summed E-state index contributed by atoms with van der Waals surface area (Å²) >= 11 is 3.74. The molecule has 0 atom stereocenters. The van der Waals surface area contributed by atoms with E-state index in [1.54, 1.807) is 6.07 Å². The maximum absolute atomic E-state index is 10.9. The molecule has 1 aliphatic rings. The van der Waals surface area contributed by atoms with Gasteiger partial charge in [0, 0.05) is 0 Å². The third kappa shape index (κ3) is 3.73. The maximum atomic E-state index is 10.9. The highest BCUT2D eigenvalue weighted by atomic mass is 32.2. The Morgan fingerprint density at radius 2 is 2.11 bits per heavy atom. The Morgan fingerprint density at radius 3 is 2.74 bits per heavy atom. The van der Waals surface area contributed by atoms with E-state index >= 15 is 0 Å². The molecule has 6 heteroatoms. The fourth-order valence-electron chi connectivity index (χ4n) is 1.75. The lowest BCUT2D eigenvalue weighted by Gasteiger charge is -2.31. The van der Waals surface area contributed by atoms with Crippen molar-refractivity contribution in [3.8, 4) is 11.5 Å². The van der Waals surface area contributed by atoms with Crippen LogP contribution >= 0.6 is 23.5 Å². The molecule has 0 radical (unpaired) electrons. The Morgan fingerprint density at radius 1 is 1.42 bits per heavy atom. The summed E-state index contributed by atoms with van der Waals surface area (Å²) in [7, 11) is 0. The molecule has 0 aliphatic carbocycles. The van der Waals surface area contributed by atoms with E-state index in [-0.39, 0.29) is 15.4 Å². The molecule has 0 aromatic heterocycles. The van der Waals surface area contributed by atoms with Gasteiger partial charge in [-0.2, -0.15) is 0 Å². The normalized spacial score (nSPS) is 17.9. The summed E-state index contributed by atoms with van der Waals surface area (Å²) in [6.07, 6.45) is 1.22. The van der Waals surface area contributed by atoms with E-state index in [9.17, 15) is 9.90 Å². The number of ether oxygens (including phenoxy) is 1. The van der Waals surface area contributed by atoms with E-state index in [4.69, 9.17) is 9.84 Å². The van der Waals surface area contributed by atoms with Crippen LogP contribution in [-0.2, 0) is 0 Å². The van der Waals surface area contributed by atoms with E-state index in [1.807, 2.05) is 23.5 Å². The molecule has 0 saturated carbocycles. The van der Waals surface area contributed by atoms with Crippen LogP contribution in [0.25, 0.3) is 0 Å². The minimum atomic E-state index is -1.16. The van der Waals surface area contributed by atoms with Crippen LogP contribution in [-0.4, -0.2) is 38.4 Å². The molecule has 19 heavy (non-hydrogen) atoms. The van der Waals surface area contributed by atoms with Gasteiger partial charge < -0.3 is 14.9 Å². The van der Waals surface area contributed by atoms with Crippen molar-refractivity contribution in [1.82, 2.24) is 0 Å². The molecule has 1 heterocycles. The Kier molecular flexibility index (Phi) is 4.52. The van der Waals surface area contributed by atoms with E-state index < -0.39 is 5.97 Å². The molecule has 1 fully saturated rings. The first-order chi connectivity index (χ1) is 9.00. The molecule has 1 aromatic rings. The summed E-state index contributed by atoms with van der Waals surface area (Å²) in [6, 6.07) is 4.30. The Bertz CT molecular complexity index is 470. The van der Waals surface area contributed by atoms with E-state index in [2.05, 4.69) is 6.92 Å². The lowest BCUT2D eigenvalue weighted by molar-refractivity contribution is 0.0693. The Balaban J connectivity index is 2.03. The summed E-state index contributed by atoms with van der Waals surface area (Å²) in [4.78, 5) is 10.9. The SMILES string of the molecule is CC1(COc2ccc(O)c(C(=O)O)c2)SCCCS1. The molecule has 0 unspecified atom stereocenters. The van der Waals surface area contributed by atoms with Gasteiger partial charge in [-0.05, 0) is 43.0 Å². The third-order valence-corrected chi connectivity index (χ3v) is 5.95. The van der Waals surface area contributed by atoms with Crippen LogP contribution in [0.3, 0.4) is 0 Å². The van der Waals surface area contributed by atoms with Gasteiger partial charge in [0.25, 0.3) is 0 Å². The number of phenols is 1. The lowest BCUT2D eigenvalue weighted by Crippen LogP contribution is -2.28. The van der Waals surface area contributed by atoms with Gasteiger partial charge in [-0.3, -0.25) is 0 Å². The fraction of sp³-hybridized carbons (Fsp3) is 0.462. The number of hydrogen-bond acceptors (Lipinski definition) is 5. The van der Waals surface area contributed by atoms with Gasteiger partial charge in [-0.25, -0.2) is 4.79 Å². The second kappa shape index (κ2) is 5.96. The van der Waals surface area contributed by atoms with Crippen LogP contribution in [0.15, 0.2) is 18.2 Å². The van der Waals surface area contributed by atoms with E-state index in [1.165, 1.54) is 18.6 Å². The third-order valence-electron chi connectivity index (χ3n) is 2.80. The largest absolute Gasteiger partial charge is 0.507 e. The quantitative estimate of drug-likeness (QED) is 0.891. The Labute approximate surface area is 120 Å². The molecule has 0 amide bonds. The first kappa shape index (κ1) is 14.4. The molecule has 2 rings (SSSR count). The van der Waals surface area contributed by atoms with Crippen molar-refractivity contribution in [2.24, 2.45) is 0 Å². The number of hydrogen-bond donors (Lipinski definition) is 2. The first-order valence-electron chi connectivity index (χ1n) is 5.97. The number of carboxylic acid groups (broad SMARTS) is 1. The van der Waals surface area contributed by atoms with Gasteiger partial charge in [-0.1, -0.05) is 0 Å². The zero-order valence-electron chi connectivity index (χ0n) is 10.6. The van der Waals surface area contributed by atoms with Crippen molar-refractivity contribution in [1.29, 1.82) is 0 Å². The summed E-state index contributed by atoms with van der Waals surface area (Å²) in [5, 5.41) is 18.4. The minimum absolute atomic E-state index is 0.0134. The van der Waals surface area contributed by atoms with Gasteiger partial charge >= 0.3 is 5.97 Å². The van der Waals surface area contributed by atoms with Crippen LogP contribution in [0, 0.1) is 0 Å².